The average molecular weight is 272 g/mol. The van der Waals surface area contributed by atoms with Crippen LogP contribution in [0.4, 0.5) is 11.4 Å². The van der Waals surface area contributed by atoms with Crippen molar-refractivity contribution < 1.29 is 4.79 Å². The second-order valence-corrected chi connectivity index (χ2v) is 4.94. The molecule has 0 fully saturated rings. The van der Waals surface area contributed by atoms with E-state index in [2.05, 4.69) is 10.4 Å². The van der Waals surface area contributed by atoms with Gasteiger partial charge in [0, 0.05) is 13.2 Å². The molecule has 0 bridgehead atoms. The van der Waals surface area contributed by atoms with E-state index in [4.69, 9.17) is 5.73 Å². The molecule has 0 aliphatic heterocycles. The number of aryl methyl sites for hydroxylation is 3. The zero-order valence-corrected chi connectivity index (χ0v) is 12.3. The van der Waals surface area contributed by atoms with Gasteiger partial charge in [0.1, 0.15) is 0 Å². The second-order valence-electron chi connectivity index (χ2n) is 4.94. The topological polar surface area (TPSA) is 72.9 Å². The zero-order chi connectivity index (χ0) is 14.9. The maximum atomic E-state index is 12.4. The van der Waals surface area contributed by atoms with E-state index in [1.807, 2.05) is 40.0 Å². The van der Waals surface area contributed by atoms with E-state index in [1.54, 1.807) is 10.9 Å². The Bertz CT molecular complexity index is 658. The van der Waals surface area contributed by atoms with Crippen LogP contribution in [0.25, 0.3) is 0 Å². The average Bonchev–Trinajstić information content (AvgIpc) is 2.80. The molecule has 106 valence electrons. The minimum atomic E-state index is -0.171. The van der Waals surface area contributed by atoms with E-state index in [1.165, 1.54) is 0 Å². The summed E-state index contributed by atoms with van der Waals surface area (Å²) in [6.07, 6.45) is 2.45. The molecule has 2 rings (SSSR count). The first-order valence-corrected chi connectivity index (χ1v) is 6.63. The van der Waals surface area contributed by atoms with Gasteiger partial charge in [0.05, 0.1) is 22.6 Å². The summed E-state index contributed by atoms with van der Waals surface area (Å²) in [7, 11) is 1.81. The van der Waals surface area contributed by atoms with Gasteiger partial charge in [0.25, 0.3) is 5.91 Å². The van der Waals surface area contributed by atoms with Crippen LogP contribution in [0.3, 0.4) is 0 Å². The van der Waals surface area contributed by atoms with Crippen LogP contribution in [-0.2, 0) is 13.5 Å². The quantitative estimate of drug-likeness (QED) is 0.843. The Balaban J connectivity index is 2.35. The molecule has 1 aromatic carbocycles. The molecule has 2 aromatic rings. The van der Waals surface area contributed by atoms with Crippen LogP contribution in [0.1, 0.15) is 34.1 Å². The van der Waals surface area contributed by atoms with Crippen molar-refractivity contribution >= 4 is 17.3 Å². The highest BCUT2D eigenvalue weighted by Gasteiger charge is 2.16. The first kappa shape index (κ1) is 14.1. The van der Waals surface area contributed by atoms with Crippen molar-refractivity contribution in [1.82, 2.24) is 9.78 Å². The molecule has 0 spiro atoms. The maximum Gasteiger partial charge on any atom is 0.259 e. The standard InChI is InChI=1S/C15H20N4O/c1-5-13-11(8-19(4)18-13)15(20)17-14-10(3)9(2)6-7-12(14)16/h6-8H,5,16H2,1-4H3,(H,17,20). The van der Waals surface area contributed by atoms with E-state index in [-0.39, 0.29) is 5.91 Å². The van der Waals surface area contributed by atoms with Crippen molar-refractivity contribution in [3.63, 3.8) is 0 Å². The number of aromatic nitrogens is 2. The lowest BCUT2D eigenvalue weighted by Crippen LogP contribution is -2.15. The number of benzene rings is 1. The van der Waals surface area contributed by atoms with Gasteiger partial charge >= 0.3 is 0 Å². The molecule has 5 heteroatoms. The molecule has 1 heterocycles. The number of nitrogens with zero attached hydrogens (tertiary/aromatic N) is 2. The second kappa shape index (κ2) is 5.36. The van der Waals surface area contributed by atoms with Crippen molar-refractivity contribution in [2.75, 3.05) is 11.1 Å². The van der Waals surface area contributed by atoms with Gasteiger partial charge in [-0.3, -0.25) is 9.48 Å². The number of nitrogens with one attached hydrogen (secondary N) is 1. The smallest absolute Gasteiger partial charge is 0.259 e. The monoisotopic (exact) mass is 272 g/mol. The molecule has 5 nitrogen and oxygen atoms in total. The highest BCUT2D eigenvalue weighted by molar-refractivity contribution is 6.07. The van der Waals surface area contributed by atoms with Crippen molar-refractivity contribution in [2.24, 2.45) is 7.05 Å². The summed E-state index contributed by atoms with van der Waals surface area (Å²) in [5.74, 6) is -0.171. The molecular formula is C15H20N4O. The number of carbonyl (C=O) groups is 1. The Labute approximate surface area is 118 Å². The lowest BCUT2D eigenvalue weighted by atomic mass is 10.1. The van der Waals surface area contributed by atoms with E-state index in [0.717, 1.165) is 16.8 Å². The van der Waals surface area contributed by atoms with Crippen molar-refractivity contribution in [1.29, 1.82) is 0 Å². The normalized spacial score (nSPS) is 10.6. The first-order chi connectivity index (χ1) is 9.43. The van der Waals surface area contributed by atoms with Crippen LogP contribution in [0.2, 0.25) is 0 Å². The lowest BCUT2D eigenvalue weighted by molar-refractivity contribution is 0.102. The zero-order valence-electron chi connectivity index (χ0n) is 12.3. The van der Waals surface area contributed by atoms with Crippen molar-refractivity contribution in [3.05, 3.63) is 40.7 Å². The Hall–Kier alpha value is -2.30. The number of amides is 1. The lowest BCUT2D eigenvalue weighted by Gasteiger charge is -2.13. The molecule has 0 radical (unpaired) electrons. The van der Waals surface area contributed by atoms with E-state index >= 15 is 0 Å². The Morgan fingerprint density at radius 3 is 2.75 bits per heavy atom. The fourth-order valence-electron chi connectivity index (χ4n) is 2.17. The first-order valence-electron chi connectivity index (χ1n) is 6.63. The summed E-state index contributed by atoms with van der Waals surface area (Å²) in [6.45, 7) is 5.92. The molecular weight excluding hydrogens is 252 g/mol. The van der Waals surface area contributed by atoms with Crippen molar-refractivity contribution in [2.45, 2.75) is 27.2 Å². The molecule has 3 N–H and O–H groups in total. The van der Waals surface area contributed by atoms with Gasteiger partial charge < -0.3 is 11.1 Å². The third-order valence-corrected chi connectivity index (χ3v) is 3.49. The molecule has 0 saturated heterocycles. The molecule has 0 saturated carbocycles. The fraction of sp³-hybridized carbons (Fsp3) is 0.333. The number of nitrogens with two attached hydrogens (primary N) is 1. The fourth-order valence-corrected chi connectivity index (χ4v) is 2.17. The van der Waals surface area contributed by atoms with E-state index in [0.29, 0.717) is 23.4 Å². The van der Waals surface area contributed by atoms with Gasteiger partial charge in [-0.25, -0.2) is 0 Å². The summed E-state index contributed by atoms with van der Waals surface area (Å²) in [5, 5.41) is 7.19. The molecule has 0 atom stereocenters. The number of carbonyl (C=O) groups excluding carboxylic acids is 1. The van der Waals surface area contributed by atoms with Gasteiger partial charge in [-0.05, 0) is 37.5 Å². The summed E-state index contributed by atoms with van der Waals surface area (Å²) in [6, 6.07) is 3.75. The number of nitrogen functional groups attached to an aromatic ring is 1. The van der Waals surface area contributed by atoms with Gasteiger partial charge in [-0.1, -0.05) is 13.0 Å². The molecule has 0 unspecified atom stereocenters. The molecule has 1 aromatic heterocycles. The van der Waals surface area contributed by atoms with Crippen molar-refractivity contribution in [3.8, 4) is 0 Å². The maximum absolute atomic E-state index is 12.4. The van der Waals surface area contributed by atoms with E-state index < -0.39 is 0 Å². The summed E-state index contributed by atoms with van der Waals surface area (Å²) in [5.41, 5.74) is 10.7. The highest BCUT2D eigenvalue weighted by Crippen LogP contribution is 2.26. The van der Waals surface area contributed by atoms with E-state index in [9.17, 15) is 4.79 Å². The Morgan fingerprint density at radius 2 is 2.10 bits per heavy atom. The number of anilines is 2. The summed E-state index contributed by atoms with van der Waals surface area (Å²) in [4.78, 5) is 12.4. The van der Waals surface area contributed by atoms with Gasteiger partial charge in [-0.2, -0.15) is 5.10 Å². The SMILES string of the molecule is CCc1nn(C)cc1C(=O)Nc1c(N)ccc(C)c1C. The third-order valence-electron chi connectivity index (χ3n) is 3.49. The Morgan fingerprint density at radius 1 is 1.40 bits per heavy atom. The van der Waals surface area contributed by atoms with Gasteiger partial charge in [0.15, 0.2) is 0 Å². The van der Waals surface area contributed by atoms with Gasteiger partial charge in [0.2, 0.25) is 0 Å². The highest BCUT2D eigenvalue weighted by atomic mass is 16.1. The predicted octanol–water partition coefficient (Wildman–Crippen LogP) is 2.43. The van der Waals surface area contributed by atoms with Crippen LogP contribution < -0.4 is 11.1 Å². The molecule has 0 aliphatic carbocycles. The van der Waals surface area contributed by atoms with Crippen LogP contribution in [0, 0.1) is 13.8 Å². The van der Waals surface area contributed by atoms with Crippen LogP contribution in [-0.4, -0.2) is 15.7 Å². The summed E-state index contributed by atoms with van der Waals surface area (Å²) >= 11 is 0. The molecule has 1 amide bonds. The minimum Gasteiger partial charge on any atom is -0.397 e. The minimum absolute atomic E-state index is 0.171. The summed E-state index contributed by atoms with van der Waals surface area (Å²) < 4.78 is 1.65. The van der Waals surface area contributed by atoms with Crippen LogP contribution >= 0.6 is 0 Å². The van der Waals surface area contributed by atoms with Gasteiger partial charge in [-0.15, -0.1) is 0 Å². The van der Waals surface area contributed by atoms with Crippen LogP contribution in [0.5, 0.6) is 0 Å². The van der Waals surface area contributed by atoms with Crippen LogP contribution in [0.15, 0.2) is 18.3 Å². The molecule has 0 aliphatic rings. The largest absolute Gasteiger partial charge is 0.397 e. The number of hydrogen-bond donors (Lipinski definition) is 2. The third kappa shape index (κ3) is 2.52. The number of rotatable bonds is 3. The number of hydrogen-bond acceptors (Lipinski definition) is 3. The predicted molar refractivity (Wildman–Crippen MR) is 80.9 cm³/mol. The molecule has 20 heavy (non-hydrogen) atoms. The Kier molecular flexibility index (Phi) is 3.79.